The van der Waals surface area contributed by atoms with Crippen molar-refractivity contribution in [3.63, 3.8) is 0 Å². The lowest BCUT2D eigenvalue weighted by Gasteiger charge is -2.13. The molecule has 106 valence electrons. The quantitative estimate of drug-likeness (QED) is 0.378. The molecule has 19 heavy (non-hydrogen) atoms. The first-order chi connectivity index (χ1) is 9.35. The standard InChI is InChI=1S/C15H24N2S2/c1-2-3-4-5-6-7-8-12(17-16)14-11-15-13(19-14)9-10-18-15/h9-12,17H,2-8,16H2,1H3. The molecule has 1 atom stereocenters. The molecular formula is C15H24N2S2. The molecular weight excluding hydrogens is 272 g/mol. The van der Waals surface area contributed by atoms with Gasteiger partial charge in [0, 0.05) is 14.3 Å². The van der Waals surface area contributed by atoms with E-state index in [0.29, 0.717) is 6.04 Å². The Morgan fingerprint density at radius 2 is 1.95 bits per heavy atom. The number of hydrogen-bond acceptors (Lipinski definition) is 4. The maximum absolute atomic E-state index is 5.72. The van der Waals surface area contributed by atoms with E-state index >= 15 is 0 Å². The zero-order valence-corrected chi connectivity index (χ0v) is 13.3. The molecule has 2 heterocycles. The lowest BCUT2D eigenvalue weighted by atomic mass is 10.1. The third-order valence-corrected chi connectivity index (χ3v) is 5.76. The summed E-state index contributed by atoms with van der Waals surface area (Å²) in [4.78, 5) is 1.39. The topological polar surface area (TPSA) is 38.0 Å². The van der Waals surface area contributed by atoms with Gasteiger partial charge in [0.15, 0.2) is 0 Å². The minimum Gasteiger partial charge on any atom is -0.271 e. The van der Waals surface area contributed by atoms with Gasteiger partial charge in [-0.2, -0.15) is 0 Å². The molecule has 0 fully saturated rings. The van der Waals surface area contributed by atoms with Crippen LogP contribution in [0.2, 0.25) is 0 Å². The van der Waals surface area contributed by atoms with Crippen LogP contribution in [-0.4, -0.2) is 0 Å². The number of hydrazine groups is 1. The molecule has 0 aromatic carbocycles. The summed E-state index contributed by atoms with van der Waals surface area (Å²) in [6.45, 7) is 2.26. The predicted molar refractivity (Wildman–Crippen MR) is 87.8 cm³/mol. The zero-order valence-electron chi connectivity index (χ0n) is 11.7. The second-order valence-corrected chi connectivity index (χ2v) is 7.14. The molecule has 0 amide bonds. The van der Waals surface area contributed by atoms with E-state index in [1.54, 1.807) is 0 Å². The normalized spacial score (nSPS) is 13.2. The van der Waals surface area contributed by atoms with Crippen LogP contribution in [0.4, 0.5) is 0 Å². The summed E-state index contributed by atoms with van der Waals surface area (Å²) >= 11 is 3.69. The second kappa shape index (κ2) is 8.00. The van der Waals surface area contributed by atoms with Gasteiger partial charge in [-0.1, -0.05) is 45.4 Å². The van der Waals surface area contributed by atoms with Crippen LogP contribution in [0.1, 0.15) is 62.8 Å². The molecule has 0 radical (unpaired) electrons. The van der Waals surface area contributed by atoms with E-state index in [-0.39, 0.29) is 0 Å². The average molecular weight is 297 g/mol. The van der Waals surface area contributed by atoms with Crippen LogP contribution < -0.4 is 11.3 Å². The van der Waals surface area contributed by atoms with Gasteiger partial charge >= 0.3 is 0 Å². The number of nitrogens with one attached hydrogen (secondary N) is 1. The number of thiophene rings is 2. The number of nitrogens with two attached hydrogens (primary N) is 1. The Labute approximate surface area is 124 Å². The van der Waals surface area contributed by atoms with E-state index in [1.807, 2.05) is 22.7 Å². The first-order valence-electron chi connectivity index (χ1n) is 7.28. The van der Waals surface area contributed by atoms with Crippen LogP contribution in [0.3, 0.4) is 0 Å². The Morgan fingerprint density at radius 1 is 1.16 bits per heavy atom. The van der Waals surface area contributed by atoms with Gasteiger partial charge in [-0.15, -0.1) is 22.7 Å². The average Bonchev–Trinajstić information content (AvgIpc) is 2.99. The van der Waals surface area contributed by atoms with Crippen molar-refractivity contribution in [2.45, 2.75) is 57.9 Å². The van der Waals surface area contributed by atoms with E-state index in [2.05, 4.69) is 29.9 Å². The molecule has 4 heteroatoms. The molecule has 0 saturated heterocycles. The fourth-order valence-corrected chi connectivity index (χ4v) is 4.61. The maximum atomic E-state index is 5.72. The highest BCUT2D eigenvalue weighted by atomic mass is 32.1. The summed E-state index contributed by atoms with van der Waals surface area (Å²) in [5.41, 5.74) is 2.99. The first-order valence-corrected chi connectivity index (χ1v) is 8.97. The van der Waals surface area contributed by atoms with Crippen molar-refractivity contribution in [2.75, 3.05) is 0 Å². The molecule has 0 aliphatic rings. The van der Waals surface area contributed by atoms with Crippen LogP contribution in [0.15, 0.2) is 17.5 Å². The highest BCUT2D eigenvalue weighted by molar-refractivity contribution is 7.26. The van der Waals surface area contributed by atoms with Crippen molar-refractivity contribution < 1.29 is 0 Å². The van der Waals surface area contributed by atoms with Crippen molar-refractivity contribution in [3.05, 3.63) is 22.4 Å². The molecule has 1 unspecified atom stereocenters. The summed E-state index contributed by atoms with van der Waals surface area (Å²) in [7, 11) is 0. The lowest BCUT2D eigenvalue weighted by Crippen LogP contribution is -2.27. The SMILES string of the molecule is CCCCCCCCC(NN)c1cc2sccc2s1. The predicted octanol–water partition coefficient (Wildman–Crippen LogP) is 5.22. The Hall–Kier alpha value is -0.420. The third-order valence-electron chi connectivity index (χ3n) is 3.55. The first kappa shape index (κ1) is 15.0. The van der Waals surface area contributed by atoms with Crippen LogP contribution >= 0.6 is 22.7 Å². The van der Waals surface area contributed by atoms with Gasteiger partial charge < -0.3 is 0 Å². The summed E-state index contributed by atoms with van der Waals surface area (Å²) in [6.07, 6.45) is 9.19. The van der Waals surface area contributed by atoms with Gasteiger partial charge in [0.1, 0.15) is 0 Å². The molecule has 0 aliphatic carbocycles. The minimum atomic E-state index is 0.329. The monoisotopic (exact) mass is 296 g/mol. The third kappa shape index (κ3) is 4.28. The summed E-state index contributed by atoms with van der Waals surface area (Å²) in [6, 6.07) is 4.83. The molecule has 0 saturated carbocycles. The minimum absolute atomic E-state index is 0.329. The molecule has 0 aliphatic heterocycles. The van der Waals surface area contributed by atoms with Gasteiger partial charge in [-0.3, -0.25) is 11.3 Å². The second-order valence-electron chi connectivity index (χ2n) is 5.07. The molecule has 2 nitrogen and oxygen atoms in total. The van der Waals surface area contributed by atoms with Crippen molar-refractivity contribution in [1.82, 2.24) is 5.43 Å². The van der Waals surface area contributed by atoms with E-state index in [0.717, 1.165) is 6.42 Å². The van der Waals surface area contributed by atoms with Crippen molar-refractivity contribution >= 4 is 32.1 Å². The van der Waals surface area contributed by atoms with E-state index in [4.69, 9.17) is 5.84 Å². The largest absolute Gasteiger partial charge is 0.271 e. The Kier molecular flexibility index (Phi) is 6.31. The zero-order chi connectivity index (χ0) is 13.5. The van der Waals surface area contributed by atoms with Crippen molar-refractivity contribution in [2.24, 2.45) is 5.84 Å². The fourth-order valence-electron chi connectivity index (χ4n) is 2.39. The molecule has 2 aromatic rings. The Balaban J connectivity index is 1.78. The molecule has 3 N–H and O–H groups in total. The van der Waals surface area contributed by atoms with Gasteiger partial charge in [-0.05, 0) is 23.9 Å². The van der Waals surface area contributed by atoms with E-state index in [9.17, 15) is 0 Å². The molecule has 2 aromatic heterocycles. The number of unbranched alkanes of at least 4 members (excludes halogenated alkanes) is 5. The van der Waals surface area contributed by atoms with Crippen LogP contribution in [-0.2, 0) is 0 Å². The summed E-state index contributed by atoms with van der Waals surface area (Å²) in [5.74, 6) is 5.72. The summed E-state index contributed by atoms with van der Waals surface area (Å²) in [5, 5.41) is 2.16. The van der Waals surface area contributed by atoms with Gasteiger partial charge in [0.25, 0.3) is 0 Å². The van der Waals surface area contributed by atoms with Crippen LogP contribution in [0.5, 0.6) is 0 Å². The molecule has 2 rings (SSSR count). The van der Waals surface area contributed by atoms with Gasteiger partial charge in [-0.25, -0.2) is 0 Å². The number of hydrogen-bond donors (Lipinski definition) is 2. The number of rotatable bonds is 9. The van der Waals surface area contributed by atoms with Crippen LogP contribution in [0.25, 0.3) is 9.40 Å². The lowest BCUT2D eigenvalue weighted by molar-refractivity contribution is 0.483. The van der Waals surface area contributed by atoms with Crippen molar-refractivity contribution in [3.8, 4) is 0 Å². The maximum Gasteiger partial charge on any atom is 0.0554 e. The van der Waals surface area contributed by atoms with Crippen LogP contribution in [0, 0.1) is 0 Å². The Morgan fingerprint density at radius 3 is 2.68 bits per heavy atom. The van der Waals surface area contributed by atoms with E-state index < -0.39 is 0 Å². The Bertz CT molecular complexity index is 447. The molecule has 0 spiro atoms. The van der Waals surface area contributed by atoms with Gasteiger partial charge in [0.05, 0.1) is 6.04 Å². The summed E-state index contributed by atoms with van der Waals surface area (Å²) < 4.78 is 2.78. The highest BCUT2D eigenvalue weighted by Crippen LogP contribution is 2.34. The molecule has 0 bridgehead atoms. The smallest absolute Gasteiger partial charge is 0.0554 e. The van der Waals surface area contributed by atoms with Crippen molar-refractivity contribution in [1.29, 1.82) is 0 Å². The van der Waals surface area contributed by atoms with Gasteiger partial charge in [0.2, 0.25) is 0 Å². The number of fused-ring (bicyclic) bond motifs is 1. The fraction of sp³-hybridized carbons (Fsp3) is 0.600. The highest BCUT2D eigenvalue weighted by Gasteiger charge is 2.13. The van der Waals surface area contributed by atoms with E-state index in [1.165, 1.54) is 52.8 Å².